The van der Waals surface area contributed by atoms with Crippen molar-refractivity contribution in [3.8, 4) is 0 Å². The van der Waals surface area contributed by atoms with Crippen LogP contribution in [0.25, 0.3) is 0 Å². The number of Topliss-reactive ketones (excluding diaryl/α,β-unsaturated/α-hetero) is 3. The van der Waals surface area contributed by atoms with Crippen molar-refractivity contribution in [3.05, 3.63) is 29.8 Å². The second-order valence-electron chi connectivity index (χ2n) is 11.9. The molecule has 1 amide bonds. The van der Waals surface area contributed by atoms with Gasteiger partial charge in [0.25, 0.3) is 0 Å². The largest absolute Gasteiger partial charge is 0.299 e. The van der Waals surface area contributed by atoms with Crippen LogP contribution in [-0.4, -0.2) is 38.0 Å². The third-order valence-electron chi connectivity index (χ3n) is 7.50. The SMILES string of the molecule is CC(=O)C(C(C)=O)S(=O)C(C)CCc1ccc(N(N)C(=O)C(C)(C)CC(C)(C)C(=O)C2CCCC2)cc1. The third kappa shape index (κ3) is 7.90. The number of rotatable bonds is 13. The Morgan fingerprint density at radius 3 is 1.97 bits per heavy atom. The maximum atomic E-state index is 13.3. The lowest BCUT2D eigenvalue weighted by molar-refractivity contribution is -0.136. The number of hydrogen-bond donors (Lipinski definition) is 1. The summed E-state index contributed by atoms with van der Waals surface area (Å²) < 4.78 is 12.7. The molecule has 0 radical (unpaired) electrons. The van der Waals surface area contributed by atoms with Crippen LogP contribution >= 0.6 is 0 Å². The summed E-state index contributed by atoms with van der Waals surface area (Å²) in [6, 6.07) is 7.28. The summed E-state index contributed by atoms with van der Waals surface area (Å²) in [7, 11) is -1.57. The molecule has 1 fully saturated rings. The molecule has 1 saturated carbocycles. The molecule has 37 heavy (non-hydrogen) atoms. The molecule has 1 aromatic carbocycles. The van der Waals surface area contributed by atoms with Gasteiger partial charge in [-0.1, -0.05) is 59.6 Å². The predicted molar refractivity (Wildman–Crippen MR) is 148 cm³/mol. The monoisotopic (exact) mass is 532 g/mol. The zero-order valence-electron chi connectivity index (χ0n) is 23.5. The normalized spacial score (nSPS) is 16.5. The summed E-state index contributed by atoms with van der Waals surface area (Å²) in [5, 5.41) is -0.237. The molecular formula is C29H44N2O5S. The highest BCUT2D eigenvalue weighted by atomic mass is 32.2. The number of aryl methyl sites for hydroxylation is 1. The highest BCUT2D eigenvalue weighted by Gasteiger charge is 2.43. The summed E-state index contributed by atoms with van der Waals surface area (Å²) in [6.07, 6.45) is 5.63. The molecule has 0 spiro atoms. The summed E-state index contributed by atoms with van der Waals surface area (Å²) in [6.45, 7) is 11.9. The number of hydrazine groups is 1. The van der Waals surface area contributed by atoms with E-state index in [0.29, 0.717) is 24.9 Å². The smallest absolute Gasteiger partial charge is 0.246 e. The second-order valence-corrected chi connectivity index (χ2v) is 13.8. The van der Waals surface area contributed by atoms with Crippen molar-refractivity contribution in [1.29, 1.82) is 0 Å². The van der Waals surface area contributed by atoms with E-state index in [4.69, 9.17) is 5.84 Å². The summed E-state index contributed by atoms with van der Waals surface area (Å²) in [4.78, 5) is 49.9. The van der Waals surface area contributed by atoms with Crippen LogP contribution in [0.15, 0.2) is 24.3 Å². The third-order valence-corrected chi connectivity index (χ3v) is 9.65. The van der Waals surface area contributed by atoms with Crippen molar-refractivity contribution in [2.24, 2.45) is 22.6 Å². The lowest BCUT2D eigenvalue weighted by atomic mass is 9.69. The van der Waals surface area contributed by atoms with Crippen molar-refractivity contribution in [3.63, 3.8) is 0 Å². The van der Waals surface area contributed by atoms with E-state index in [-0.39, 0.29) is 34.4 Å². The van der Waals surface area contributed by atoms with Crippen molar-refractivity contribution in [2.45, 2.75) is 104 Å². The summed E-state index contributed by atoms with van der Waals surface area (Å²) in [5.41, 5.74) is 0.0819. The number of ketones is 3. The number of amides is 1. The number of nitrogens with zero attached hydrogens (tertiary/aromatic N) is 1. The molecule has 2 atom stereocenters. The van der Waals surface area contributed by atoms with E-state index in [0.717, 1.165) is 36.3 Å². The van der Waals surface area contributed by atoms with E-state index in [1.54, 1.807) is 19.1 Å². The van der Waals surface area contributed by atoms with Crippen LogP contribution in [0.4, 0.5) is 5.69 Å². The number of benzene rings is 1. The Morgan fingerprint density at radius 2 is 1.49 bits per heavy atom. The molecule has 206 valence electrons. The fraction of sp³-hybridized carbons (Fsp3) is 0.655. The molecule has 0 saturated heterocycles. The van der Waals surface area contributed by atoms with Crippen LogP contribution in [0.5, 0.6) is 0 Å². The molecule has 0 heterocycles. The quantitative estimate of drug-likeness (QED) is 0.170. The van der Waals surface area contributed by atoms with Crippen LogP contribution < -0.4 is 10.9 Å². The van der Waals surface area contributed by atoms with E-state index in [1.165, 1.54) is 13.8 Å². The van der Waals surface area contributed by atoms with Gasteiger partial charge in [-0.2, -0.15) is 0 Å². The molecule has 1 aliphatic rings. The lowest BCUT2D eigenvalue weighted by Crippen LogP contribution is -2.48. The first-order valence-corrected chi connectivity index (χ1v) is 14.5. The van der Waals surface area contributed by atoms with Gasteiger partial charge in [-0.15, -0.1) is 0 Å². The van der Waals surface area contributed by atoms with E-state index < -0.39 is 26.9 Å². The van der Waals surface area contributed by atoms with Crippen molar-refractivity contribution >= 4 is 39.7 Å². The first-order chi connectivity index (χ1) is 17.1. The van der Waals surface area contributed by atoms with Gasteiger partial charge in [-0.05, 0) is 63.6 Å². The Kier molecular flexibility index (Phi) is 10.5. The fourth-order valence-electron chi connectivity index (χ4n) is 5.61. The fourth-order valence-corrected chi connectivity index (χ4v) is 7.08. The Bertz CT molecular complexity index is 1010. The maximum Gasteiger partial charge on any atom is 0.246 e. The van der Waals surface area contributed by atoms with Crippen LogP contribution in [0, 0.1) is 16.7 Å². The molecule has 2 N–H and O–H groups in total. The number of nitrogens with two attached hydrogens (primary N) is 1. The van der Waals surface area contributed by atoms with Gasteiger partial charge in [0, 0.05) is 32.8 Å². The second kappa shape index (κ2) is 12.6. The van der Waals surface area contributed by atoms with Gasteiger partial charge in [-0.3, -0.25) is 23.4 Å². The van der Waals surface area contributed by atoms with E-state index in [2.05, 4.69) is 0 Å². The van der Waals surface area contributed by atoms with Gasteiger partial charge >= 0.3 is 0 Å². The van der Waals surface area contributed by atoms with Crippen LogP contribution in [0.1, 0.15) is 92.6 Å². The zero-order chi connectivity index (χ0) is 28.1. The molecule has 0 bridgehead atoms. The van der Waals surface area contributed by atoms with Gasteiger partial charge in [0.1, 0.15) is 5.78 Å². The molecule has 7 nitrogen and oxygen atoms in total. The van der Waals surface area contributed by atoms with E-state index >= 15 is 0 Å². The van der Waals surface area contributed by atoms with Crippen molar-refractivity contribution < 1.29 is 23.4 Å². The van der Waals surface area contributed by atoms with Crippen LogP contribution in [0.2, 0.25) is 0 Å². The number of carbonyl (C=O) groups excluding carboxylic acids is 4. The van der Waals surface area contributed by atoms with Crippen molar-refractivity contribution in [1.82, 2.24) is 0 Å². The Balaban J connectivity index is 2.01. The van der Waals surface area contributed by atoms with Crippen LogP contribution in [-0.2, 0) is 36.4 Å². The van der Waals surface area contributed by atoms with Gasteiger partial charge < -0.3 is 0 Å². The molecule has 1 aromatic rings. The Hall–Kier alpha value is -2.19. The summed E-state index contributed by atoms with van der Waals surface area (Å²) in [5.74, 6) is 5.58. The highest BCUT2D eigenvalue weighted by Crippen LogP contribution is 2.40. The molecule has 0 aromatic heterocycles. The highest BCUT2D eigenvalue weighted by molar-refractivity contribution is 7.87. The van der Waals surface area contributed by atoms with Gasteiger partial charge in [0.2, 0.25) is 5.91 Å². The van der Waals surface area contributed by atoms with Crippen molar-refractivity contribution in [2.75, 3.05) is 5.01 Å². The number of carbonyl (C=O) groups is 4. The molecule has 2 rings (SSSR count). The molecule has 8 heteroatoms. The van der Waals surface area contributed by atoms with E-state index in [9.17, 15) is 23.4 Å². The summed E-state index contributed by atoms with van der Waals surface area (Å²) >= 11 is 0. The minimum Gasteiger partial charge on any atom is -0.299 e. The van der Waals surface area contributed by atoms with Gasteiger partial charge in [-0.25, -0.2) is 10.9 Å². The zero-order valence-corrected chi connectivity index (χ0v) is 24.3. The minimum absolute atomic E-state index is 0.0957. The number of anilines is 1. The molecule has 2 unspecified atom stereocenters. The standard InChI is InChI=1S/C29H44N2O5S/c1-19(37(36)25(20(2)32)21(3)33)12-13-22-14-16-24(17-15-22)31(30)27(35)29(6,7)18-28(4,5)26(34)23-10-8-9-11-23/h14-17,19,23,25H,8-13,18,30H2,1-7H3. The predicted octanol–water partition coefficient (Wildman–Crippen LogP) is 4.71. The van der Waals surface area contributed by atoms with Gasteiger partial charge in [0.05, 0.1) is 5.69 Å². The van der Waals surface area contributed by atoms with Crippen LogP contribution in [0.3, 0.4) is 0 Å². The first kappa shape index (κ1) is 31.0. The molecule has 0 aliphatic heterocycles. The average molecular weight is 533 g/mol. The average Bonchev–Trinajstić information content (AvgIpc) is 3.35. The number of hydrogen-bond acceptors (Lipinski definition) is 6. The Labute approximate surface area is 224 Å². The minimum atomic E-state index is -1.57. The van der Waals surface area contributed by atoms with Gasteiger partial charge in [0.15, 0.2) is 16.8 Å². The Morgan fingerprint density at radius 1 is 0.973 bits per heavy atom. The lowest BCUT2D eigenvalue weighted by Gasteiger charge is -2.36. The molecule has 1 aliphatic carbocycles. The first-order valence-electron chi connectivity index (χ1n) is 13.2. The maximum absolute atomic E-state index is 13.3. The topological polar surface area (TPSA) is 115 Å². The molecular weight excluding hydrogens is 488 g/mol. The van der Waals surface area contributed by atoms with E-state index in [1.807, 2.05) is 39.8 Å².